The van der Waals surface area contributed by atoms with Crippen molar-refractivity contribution in [2.75, 3.05) is 4.90 Å². The number of carbonyl (C=O) groups excluding carboxylic acids is 2. The number of anilines is 1. The van der Waals surface area contributed by atoms with Gasteiger partial charge < -0.3 is 10.0 Å². The summed E-state index contributed by atoms with van der Waals surface area (Å²) in [5.74, 6) is 5.22. The van der Waals surface area contributed by atoms with Gasteiger partial charge in [-0.1, -0.05) is 23.5 Å². The molecule has 0 aromatic carbocycles. The fourth-order valence-corrected chi connectivity index (χ4v) is 4.93. The van der Waals surface area contributed by atoms with Gasteiger partial charge in [-0.25, -0.2) is 4.79 Å². The number of Topliss-reactive ketones (excluding diaryl/α,β-unsaturated/α-hetero) is 1. The molecule has 5 nitrogen and oxygen atoms in total. The molecule has 31 heavy (non-hydrogen) atoms. The van der Waals surface area contributed by atoms with Crippen LogP contribution in [0.5, 0.6) is 0 Å². The highest BCUT2D eigenvalue weighted by Crippen LogP contribution is 2.37. The molecule has 2 aliphatic rings. The van der Waals surface area contributed by atoms with E-state index in [2.05, 4.69) is 24.8 Å². The normalized spacial score (nSPS) is 19.9. The summed E-state index contributed by atoms with van der Waals surface area (Å²) >= 11 is 1.12. The van der Waals surface area contributed by atoms with Gasteiger partial charge in [0.2, 0.25) is 5.91 Å². The van der Waals surface area contributed by atoms with Crippen LogP contribution in [-0.4, -0.2) is 28.8 Å². The molecule has 2 aliphatic carbocycles. The number of rotatable bonds is 4. The smallest absolute Gasteiger partial charge is 0.348 e. The first-order valence-corrected chi connectivity index (χ1v) is 11.8. The fraction of sp³-hybridized carbons (Fsp3) is 0.560. The Balaban J connectivity index is 2.02. The molecule has 1 heterocycles. The van der Waals surface area contributed by atoms with Gasteiger partial charge in [-0.15, -0.1) is 11.3 Å². The maximum Gasteiger partial charge on any atom is 0.348 e. The molecular weight excluding hydrogens is 410 g/mol. The first-order chi connectivity index (χ1) is 14.5. The third kappa shape index (κ3) is 5.86. The van der Waals surface area contributed by atoms with Crippen LogP contribution < -0.4 is 4.90 Å². The molecule has 0 spiro atoms. The van der Waals surface area contributed by atoms with E-state index in [9.17, 15) is 19.5 Å². The molecule has 1 saturated carbocycles. The standard InChI is InChI=1S/C25H31NO4S/c1-16-5-7-17(8-6-16)23(28)26(18-9-11-19(27)12-10-18)21-15-20(13-14-25(2,3)4)31-22(21)24(29)30/h5,15,17-18H,6-12H2,1-4H3,(H,29,30)/t17-/m0/s1. The molecule has 0 unspecified atom stereocenters. The van der Waals surface area contributed by atoms with E-state index in [4.69, 9.17) is 0 Å². The number of aromatic carboxylic acids is 1. The zero-order valence-electron chi connectivity index (χ0n) is 18.8. The van der Waals surface area contributed by atoms with E-state index in [1.807, 2.05) is 20.8 Å². The molecule has 1 aromatic rings. The van der Waals surface area contributed by atoms with Crippen LogP contribution in [0.1, 0.15) is 87.2 Å². The van der Waals surface area contributed by atoms with Crippen LogP contribution in [-0.2, 0) is 9.59 Å². The summed E-state index contributed by atoms with van der Waals surface area (Å²) in [5, 5.41) is 9.88. The van der Waals surface area contributed by atoms with Crippen molar-refractivity contribution in [3.05, 3.63) is 27.5 Å². The minimum atomic E-state index is -1.05. The van der Waals surface area contributed by atoms with Gasteiger partial charge in [0.1, 0.15) is 10.7 Å². The summed E-state index contributed by atoms with van der Waals surface area (Å²) in [6.07, 6.45) is 6.45. The summed E-state index contributed by atoms with van der Waals surface area (Å²) in [6, 6.07) is 1.60. The minimum Gasteiger partial charge on any atom is -0.477 e. The Bertz CT molecular complexity index is 960. The van der Waals surface area contributed by atoms with Crippen LogP contribution in [0.25, 0.3) is 0 Å². The predicted molar refractivity (Wildman–Crippen MR) is 123 cm³/mol. The monoisotopic (exact) mass is 441 g/mol. The molecular formula is C25H31NO4S. The quantitative estimate of drug-likeness (QED) is 0.499. The van der Waals surface area contributed by atoms with Crippen molar-refractivity contribution < 1.29 is 19.5 Å². The Kier molecular flexibility index (Phi) is 7.06. The highest BCUT2D eigenvalue weighted by Gasteiger charge is 2.36. The molecule has 1 N–H and O–H groups in total. The lowest BCUT2D eigenvalue weighted by molar-refractivity contribution is -0.125. The summed E-state index contributed by atoms with van der Waals surface area (Å²) in [6.45, 7) is 8.08. The van der Waals surface area contributed by atoms with E-state index < -0.39 is 5.97 Å². The van der Waals surface area contributed by atoms with E-state index in [1.54, 1.807) is 11.0 Å². The van der Waals surface area contributed by atoms with Crippen molar-refractivity contribution in [2.24, 2.45) is 11.3 Å². The molecule has 0 saturated heterocycles. The molecule has 0 radical (unpaired) electrons. The number of nitrogens with zero attached hydrogens (tertiary/aromatic N) is 1. The Labute approximate surface area is 188 Å². The number of thiophene rings is 1. The van der Waals surface area contributed by atoms with E-state index >= 15 is 0 Å². The topological polar surface area (TPSA) is 74.7 Å². The van der Waals surface area contributed by atoms with Gasteiger partial charge >= 0.3 is 5.97 Å². The average Bonchev–Trinajstić information content (AvgIpc) is 3.12. The lowest BCUT2D eigenvalue weighted by Crippen LogP contribution is -2.46. The Hall–Kier alpha value is -2.39. The summed E-state index contributed by atoms with van der Waals surface area (Å²) in [4.78, 5) is 40.1. The number of carboxylic acids is 1. The Morgan fingerprint density at radius 1 is 1.16 bits per heavy atom. The molecule has 3 rings (SSSR count). The SMILES string of the molecule is CC1=CC[C@H](C(=O)N(c2cc(C#CC(C)(C)C)sc2C(=O)O)C2CCC(=O)CC2)CC1. The molecule has 0 aliphatic heterocycles. The first-order valence-electron chi connectivity index (χ1n) is 11.0. The largest absolute Gasteiger partial charge is 0.477 e. The van der Waals surface area contributed by atoms with Crippen molar-refractivity contribution in [1.29, 1.82) is 0 Å². The number of carbonyl (C=O) groups is 3. The van der Waals surface area contributed by atoms with Gasteiger partial charge in [0.05, 0.1) is 10.6 Å². The van der Waals surface area contributed by atoms with Crippen molar-refractivity contribution in [1.82, 2.24) is 0 Å². The second-order valence-corrected chi connectivity index (χ2v) is 10.7. The van der Waals surface area contributed by atoms with E-state index in [1.165, 1.54) is 5.57 Å². The third-order valence-electron chi connectivity index (χ3n) is 5.83. The number of hydrogen-bond acceptors (Lipinski definition) is 4. The number of carboxylic acid groups (broad SMARTS) is 1. The first kappa shape index (κ1) is 23.3. The fourth-order valence-electron chi connectivity index (χ4n) is 4.09. The zero-order chi connectivity index (χ0) is 22.8. The number of hydrogen-bond donors (Lipinski definition) is 1. The van der Waals surface area contributed by atoms with Gasteiger partial charge in [0.15, 0.2) is 0 Å². The Morgan fingerprint density at radius 3 is 2.39 bits per heavy atom. The van der Waals surface area contributed by atoms with Crippen LogP contribution in [0.4, 0.5) is 5.69 Å². The van der Waals surface area contributed by atoms with E-state index in [0.717, 1.165) is 24.2 Å². The highest BCUT2D eigenvalue weighted by atomic mass is 32.1. The van der Waals surface area contributed by atoms with Crippen molar-refractivity contribution >= 4 is 34.7 Å². The maximum absolute atomic E-state index is 13.7. The molecule has 0 bridgehead atoms. The summed E-state index contributed by atoms with van der Waals surface area (Å²) in [5.41, 5.74) is 1.52. The second kappa shape index (κ2) is 9.40. The van der Waals surface area contributed by atoms with Gasteiger partial charge in [0, 0.05) is 30.2 Å². The third-order valence-corrected chi connectivity index (χ3v) is 6.86. The van der Waals surface area contributed by atoms with Crippen molar-refractivity contribution in [2.45, 2.75) is 78.7 Å². The number of ketones is 1. The Morgan fingerprint density at radius 2 is 1.84 bits per heavy atom. The van der Waals surface area contributed by atoms with E-state index in [0.29, 0.717) is 42.7 Å². The zero-order valence-corrected chi connectivity index (χ0v) is 19.6. The minimum absolute atomic E-state index is 0.0290. The average molecular weight is 442 g/mol. The molecule has 1 amide bonds. The molecule has 1 atom stereocenters. The van der Waals surface area contributed by atoms with Crippen molar-refractivity contribution in [3.63, 3.8) is 0 Å². The molecule has 6 heteroatoms. The van der Waals surface area contributed by atoms with Crippen LogP contribution in [0.2, 0.25) is 0 Å². The summed E-state index contributed by atoms with van der Waals surface area (Å²) < 4.78 is 0. The second-order valence-electron chi connectivity index (χ2n) is 9.63. The number of allylic oxidation sites excluding steroid dienone is 2. The van der Waals surface area contributed by atoms with Crippen LogP contribution >= 0.6 is 11.3 Å². The molecule has 166 valence electrons. The predicted octanol–water partition coefficient (Wildman–Crippen LogP) is 5.44. The van der Waals surface area contributed by atoms with Crippen LogP contribution in [0, 0.1) is 23.2 Å². The lowest BCUT2D eigenvalue weighted by atomic mass is 9.87. The number of amides is 1. The highest BCUT2D eigenvalue weighted by molar-refractivity contribution is 7.15. The lowest BCUT2D eigenvalue weighted by Gasteiger charge is -2.36. The molecule has 1 fully saturated rings. The van der Waals surface area contributed by atoms with Gasteiger partial charge in [0.25, 0.3) is 0 Å². The van der Waals surface area contributed by atoms with Gasteiger partial charge in [-0.2, -0.15) is 0 Å². The van der Waals surface area contributed by atoms with Crippen LogP contribution in [0.3, 0.4) is 0 Å². The van der Waals surface area contributed by atoms with Gasteiger partial charge in [-0.05, 0) is 65.9 Å². The van der Waals surface area contributed by atoms with Crippen molar-refractivity contribution in [3.8, 4) is 11.8 Å². The summed E-state index contributed by atoms with van der Waals surface area (Å²) in [7, 11) is 0. The van der Waals surface area contributed by atoms with E-state index in [-0.39, 0.29) is 33.9 Å². The molecule has 1 aromatic heterocycles. The maximum atomic E-state index is 13.7. The van der Waals surface area contributed by atoms with Crippen LogP contribution in [0.15, 0.2) is 17.7 Å². The van der Waals surface area contributed by atoms with Gasteiger partial charge in [-0.3, -0.25) is 9.59 Å².